The molecule has 0 radical (unpaired) electrons. The molecule has 0 aromatic heterocycles. The fraction of sp³-hybridized carbons (Fsp3) is 0.956. The molecule has 0 aromatic rings. The lowest BCUT2D eigenvalue weighted by atomic mass is 9.99. The second-order valence-corrected chi connectivity index (χ2v) is 24.3. The third kappa shape index (κ3) is 47.2. The van der Waals surface area contributed by atoms with E-state index in [2.05, 4.69) is 19.2 Å². The number of amides is 1. The summed E-state index contributed by atoms with van der Waals surface area (Å²) in [5, 5.41) is 54.6. The second kappa shape index (κ2) is 58.1. The molecule has 0 bridgehead atoms. The number of allylic oxidation sites excluding steroid dienone is 1. The quantitative estimate of drug-likeness (QED) is 0.0261. The smallest absolute Gasteiger partial charge is 0.220 e. The van der Waals surface area contributed by atoms with Crippen LogP contribution in [0.1, 0.15) is 361 Å². The van der Waals surface area contributed by atoms with Gasteiger partial charge in [-0.05, 0) is 19.3 Å². The molecule has 1 rings (SSSR count). The van der Waals surface area contributed by atoms with E-state index >= 15 is 0 Å². The summed E-state index contributed by atoms with van der Waals surface area (Å²) < 4.78 is 11.3. The largest absolute Gasteiger partial charge is 0.394 e. The number of carbonyl (C=O) groups excluding carboxylic acids is 1. The fourth-order valence-corrected chi connectivity index (χ4v) is 11.5. The molecule has 77 heavy (non-hydrogen) atoms. The van der Waals surface area contributed by atoms with Gasteiger partial charge in [-0.3, -0.25) is 4.79 Å². The molecule has 0 saturated carbocycles. The molecule has 1 fully saturated rings. The van der Waals surface area contributed by atoms with Gasteiger partial charge in [0.1, 0.15) is 24.4 Å². The second-order valence-electron chi connectivity index (χ2n) is 24.3. The van der Waals surface area contributed by atoms with Crippen molar-refractivity contribution in [1.29, 1.82) is 0 Å². The van der Waals surface area contributed by atoms with Crippen LogP contribution < -0.4 is 5.32 Å². The van der Waals surface area contributed by atoms with Crippen LogP contribution >= 0.6 is 0 Å². The average molecular weight is 1090 g/mol. The molecule has 0 spiro atoms. The lowest BCUT2D eigenvalue weighted by Gasteiger charge is -2.40. The van der Waals surface area contributed by atoms with E-state index in [0.29, 0.717) is 6.42 Å². The van der Waals surface area contributed by atoms with Gasteiger partial charge in [-0.2, -0.15) is 0 Å². The summed E-state index contributed by atoms with van der Waals surface area (Å²) in [5.41, 5.74) is 0. The third-order valence-corrected chi connectivity index (χ3v) is 16.9. The highest BCUT2D eigenvalue weighted by Gasteiger charge is 2.44. The molecule has 0 aliphatic carbocycles. The van der Waals surface area contributed by atoms with E-state index in [1.54, 1.807) is 6.08 Å². The molecule has 9 nitrogen and oxygen atoms in total. The van der Waals surface area contributed by atoms with E-state index in [9.17, 15) is 30.3 Å². The van der Waals surface area contributed by atoms with Crippen LogP contribution in [0.2, 0.25) is 0 Å². The summed E-state index contributed by atoms with van der Waals surface area (Å²) in [6.07, 6.45) is 67.7. The van der Waals surface area contributed by atoms with Gasteiger partial charge in [-0.25, -0.2) is 0 Å². The summed E-state index contributed by atoms with van der Waals surface area (Å²) in [6.45, 7) is 3.82. The number of carbonyl (C=O) groups is 1. The number of nitrogens with one attached hydrogen (secondary N) is 1. The Bertz CT molecular complexity index is 1220. The standard InChI is InChI=1S/C68H133NO8/c1-3-5-7-9-11-13-15-17-19-20-21-22-23-24-25-26-27-28-29-30-31-32-33-34-35-36-37-38-39-40-41-42-44-46-48-50-52-54-56-58-64(72)69-61(60-76-68-67(75)66(74)65(73)63(59-70)77-68)62(71)57-55-53-51-49-47-45-43-18-16-14-12-10-8-6-4-2/h55,57,61-63,65-68,70-71,73-75H,3-54,56,58-60H2,1-2H3,(H,69,72)/b57-55+. The summed E-state index contributed by atoms with van der Waals surface area (Å²) in [4.78, 5) is 13.1. The predicted molar refractivity (Wildman–Crippen MR) is 327 cm³/mol. The number of aliphatic hydroxyl groups is 5. The zero-order valence-electron chi connectivity index (χ0n) is 51.3. The minimum absolute atomic E-state index is 0.169. The average Bonchev–Trinajstić information content (AvgIpc) is 3.43. The van der Waals surface area contributed by atoms with Crippen LogP contribution in [0.4, 0.5) is 0 Å². The minimum atomic E-state index is -1.56. The van der Waals surface area contributed by atoms with E-state index in [4.69, 9.17) is 9.47 Å². The van der Waals surface area contributed by atoms with Crippen molar-refractivity contribution >= 4 is 5.91 Å². The van der Waals surface area contributed by atoms with Crippen molar-refractivity contribution in [2.45, 2.75) is 403 Å². The maximum absolute atomic E-state index is 13.1. The molecule has 1 aliphatic heterocycles. The van der Waals surface area contributed by atoms with Crippen molar-refractivity contribution < 1.29 is 39.8 Å². The van der Waals surface area contributed by atoms with Gasteiger partial charge in [0.25, 0.3) is 0 Å². The van der Waals surface area contributed by atoms with Crippen molar-refractivity contribution in [3.8, 4) is 0 Å². The molecule has 458 valence electrons. The Labute approximate surface area is 477 Å². The lowest BCUT2D eigenvalue weighted by Crippen LogP contribution is -2.60. The van der Waals surface area contributed by atoms with Crippen LogP contribution in [0, 0.1) is 0 Å². The molecule has 1 heterocycles. The van der Waals surface area contributed by atoms with Crippen molar-refractivity contribution in [3.05, 3.63) is 12.2 Å². The summed E-state index contributed by atoms with van der Waals surface area (Å²) in [5.74, 6) is -0.169. The summed E-state index contributed by atoms with van der Waals surface area (Å²) >= 11 is 0. The van der Waals surface area contributed by atoms with E-state index in [1.807, 2.05) is 6.08 Å². The predicted octanol–water partition coefficient (Wildman–Crippen LogP) is 18.3. The normalized spacial score (nSPS) is 18.7. The van der Waals surface area contributed by atoms with Gasteiger partial charge in [-0.15, -0.1) is 0 Å². The molecular weight excluding hydrogens is 959 g/mol. The van der Waals surface area contributed by atoms with Crippen LogP contribution in [0.3, 0.4) is 0 Å². The van der Waals surface area contributed by atoms with Gasteiger partial charge in [0.2, 0.25) is 5.91 Å². The zero-order chi connectivity index (χ0) is 55.8. The topological polar surface area (TPSA) is 149 Å². The Kier molecular flexibility index (Phi) is 55.8. The first-order chi connectivity index (χ1) is 37.8. The molecule has 7 unspecified atom stereocenters. The number of rotatable bonds is 61. The zero-order valence-corrected chi connectivity index (χ0v) is 51.3. The van der Waals surface area contributed by atoms with Crippen LogP contribution in [0.25, 0.3) is 0 Å². The van der Waals surface area contributed by atoms with Gasteiger partial charge in [0.15, 0.2) is 6.29 Å². The Morgan fingerprint density at radius 1 is 0.429 bits per heavy atom. The molecule has 7 atom stereocenters. The van der Waals surface area contributed by atoms with E-state index in [0.717, 1.165) is 38.5 Å². The summed E-state index contributed by atoms with van der Waals surface area (Å²) in [6, 6.07) is -0.801. The first-order valence-corrected chi connectivity index (χ1v) is 34.4. The van der Waals surface area contributed by atoms with Gasteiger partial charge in [0, 0.05) is 6.42 Å². The van der Waals surface area contributed by atoms with Gasteiger partial charge < -0.3 is 40.3 Å². The summed E-state index contributed by atoms with van der Waals surface area (Å²) in [7, 11) is 0. The molecule has 1 amide bonds. The fourth-order valence-electron chi connectivity index (χ4n) is 11.5. The molecular formula is C68H133NO8. The van der Waals surface area contributed by atoms with Crippen LogP contribution in [-0.4, -0.2) is 87.5 Å². The highest BCUT2D eigenvalue weighted by molar-refractivity contribution is 5.76. The number of ether oxygens (including phenoxy) is 2. The van der Waals surface area contributed by atoms with E-state index in [1.165, 1.54) is 302 Å². The molecule has 0 aromatic carbocycles. The van der Waals surface area contributed by atoms with E-state index in [-0.39, 0.29) is 12.5 Å². The number of unbranched alkanes of at least 4 members (excludes halogenated alkanes) is 51. The molecule has 1 saturated heterocycles. The molecule has 1 aliphatic rings. The first-order valence-electron chi connectivity index (χ1n) is 34.4. The van der Waals surface area contributed by atoms with Gasteiger partial charge in [0.05, 0.1) is 25.4 Å². The first kappa shape index (κ1) is 73.9. The maximum atomic E-state index is 13.1. The van der Waals surface area contributed by atoms with Crippen molar-refractivity contribution in [1.82, 2.24) is 5.32 Å². The third-order valence-electron chi connectivity index (χ3n) is 16.9. The minimum Gasteiger partial charge on any atom is -0.394 e. The Morgan fingerprint density at radius 3 is 1.01 bits per heavy atom. The maximum Gasteiger partial charge on any atom is 0.220 e. The monoisotopic (exact) mass is 1090 g/mol. The number of hydrogen-bond donors (Lipinski definition) is 6. The Hall–Kier alpha value is -1.07. The molecule has 9 heteroatoms. The van der Waals surface area contributed by atoms with Gasteiger partial charge >= 0.3 is 0 Å². The van der Waals surface area contributed by atoms with Gasteiger partial charge in [-0.1, -0.05) is 347 Å². The van der Waals surface area contributed by atoms with Crippen LogP contribution in [-0.2, 0) is 14.3 Å². The highest BCUT2D eigenvalue weighted by atomic mass is 16.7. The van der Waals surface area contributed by atoms with Crippen LogP contribution in [0.5, 0.6) is 0 Å². The van der Waals surface area contributed by atoms with E-state index < -0.39 is 49.5 Å². The molecule has 6 N–H and O–H groups in total. The Balaban J connectivity index is 2.01. The number of hydrogen-bond acceptors (Lipinski definition) is 8. The van der Waals surface area contributed by atoms with Crippen molar-refractivity contribution in [3.63, 3.8) is 0 Å². The number of aliphatic hydroxyl groups excluding tert-OH is 5. The van der Waals surface area contributed by atoms with Crippen molar-refractivity contribution in [2.75, 3.05) is 13.2 Å². The van der Waals surface area contributed by atoms with Crippen molar-refractivity contribution in [2.24, 2.45) is 0 Å². The van der Waals surface area contributed by atoms with Crippen LogP contribution in [0.15, 0.2) is 12.2 Å². The SMILES string of the molecule is CCCCCCCCCCCCCCC/C=C/C(O)C(COC1OC(CO)C(O)C(O)C1O)NC(=O)CCCCCCCCCCCCCCCCCCCCCCCCCCCCCCCCCCCCCCCCC. The Morgan fingerprint density at radius 2 is 0.714 bits per heavy atom. The lowest BCUT2D eigenvalue weighted by molar-refractivity contribution is -0.302. The highest BCUT2D eigenvalue weighted by Crippen LogP contribution is 2.24.